The summed E-state index contributed by atoms with van der Waals surface area (Å²) in [5, 5.41) is 9.42. The summed E-state index contributed by atoms with van der Waals surface area (Å²) in [5.74, 6) is 0.528. The Labute approximate surface area is 224 Å². The van der Waals surface area contributed by atoms with Crippen molar-refractivity contribution in [1.82, 2.24) is 4.90 Å². The van der Waals surface area contributed by atoms with Crippen LogP contribution >= 0.6 is 0 Å². The van der Waals surface area contributed by atoms with Crippen LogP contribution in [0.3, 0.4) is 0 Å². The molecule has 0 aromatic carbocycles. The lowest BCUT2D eigenvalue weighted by molar-refractivity contribution is -0.145. The number of aliphatic hydroxyl groups is 1. The highest BCUT2D eigenvalue weighted by Gasteiger charge is 2.20. The fourth-order valence-electron chi connectivity index (χ4n) is 5.44. The lowest BCUT2D eigenvalue weighted by Crippen LogP contribution is -2.41. The van der Waals surface area contributed by atoms with E-state index in [1.807, 2.05) is 0 Å². The van der Waals surface area contributed by atoms with E-state index in [0.717, 1.165) is 58.4 Å². The highest BCUT2D eigenvalue weighted by Crippen LogP contribution is 2.20. The van der Waals surface area contributed by atoms with Crippen LogP contribution in [0.15, 0.2) is 0 Å². The first-order valence-electron chi connectivity index (χ1n) is 15.8. The maximum atomic E-state index is 12.4. The third-order valence-electron chi connectivity index (χ3n) is 7.83. The molecule has 0 amide bonds. The zero-order valence-corrected chi connectivity index (χ0v) is 24.2. The normalized spacial score (nSPS) is 14.7. The van der Waals surface area contributed by atoms with Crippen LogP contribution in [-0.2, 0) is 14.3 Å². The van der Waals surface area contributed by atoms with Crippen LogP contribution in [0.2, 0.25) is 0 Å². The third kappa shape index (κ3) is 18.6. The van der Waals surface area contributed by atoms with Gasteiger partial charge in [0.15, 0.2) is 0 Å². The molecule has 0 aliphatic carbocycles. The molecule has 0 aromatic heterocycles. The van der Waals surface area contributed by atoms with Gasteiger partial charge < -0.3 is 14.6 Å². The Morgan fingerprint density at radius 2 is 1.36 bits per heavy atom. The van der Waals surface area contributed by atoms with Crippen LogP contribution in [0.5, 0.6) is 0 Å². The molecule has 1 fully saturated rings. The van der Waals surface area contributed by atoms with E-state index < -0.39 is 0 Å². The zero-order valence-electron chi connectivity index (χ0n) is 24.2. The zero-order chi connectivity index (χ0) is 26.1. The first-order chi connectivity index (χ1) is 17.7. The Balaban J connectivity index is 2.22. The van der Waals surface area contributed by atoms with Crippen LogP contribution in [0, 0.1) is 5.92 Å². The van der Waals surface area contributed by atoms with Crippen molar-refractivity contribution in [2.75, 3.05) is 39.5 Å². The minimum absolute atomic E-state index is 0.0115. The number of rotatable bonds is 25. The summed E-state index contributed by atoms with van der Waals surface area (Å²) in [6.07, 6.45) is 24.0. The van der Waals surface area contributed by atoms with Crippen molar-refractivity contribution < 1.29 is 19.4 Å². The molecule has 1 aliphatic rings. The minimum Gasteiger partial charge on any atom is -0.465 e. The minimum atomic E-state index is -0.0115. The number of aliphatic hydroxyl groups excluding tert-OH is 1. The van der Waals surface area contributed by atoms with Crippen LogP contribution < -0.4 is 0 Å². The molecule has 0 bridgehead atoms. The van der Waals surface area contributed by atoms with E-state index in [1.165, 1.54) is 89.9 Å². The standard InChI is InChI=1S/C31H61NO4/c1-3-5-7-9-11-14-18-29(19-15-12-10-8-6-4-2)28-36-31(34)20-16-13-17-23-32(24-25-33)30-21-26-35-27-22-30/h29-30,33H,3-28H2,1-2H3. The van der Waals surface area contributed by atoms with Gasteiger partial charge in [-0.2, -0.15) is 0 Å². The highest BCUT2D eigenvalue weighted by atomic mass is 16.5. The molecule has 0 saturated carbocycles. The lowest BCUT2D eigenvalue weighted by atomic mass is 9.94. The second kappa shape index (κ2) is 24.7. The van der Waals surface area contributed by atoms with E-state index in [2.05, 4.69) is 18.7 Å². The van der Waals surface area contributed by atoms with Gasteiger partial charge in [0.1, 0.15) is 0 Å². The smallest absolute Gasteiger partial charge is 0.305 e. The van der Waals surface area contributed by atoms with E-state index >= 15 is 0 Å². The number of nitrogens with zero attached hydrogens (tertiary/aromatic N) is 1. The predicted octanol–water partition coefficient (Wildman–Crippen LogP) is 7.68. The Kier molecular flexibility index (Phi) is 22.9. The first-order valence-corrected chi connectivity index (χ1v) is 15.8. The number of ether oxygens (including phenoxy) is 2. The number of hydrogen-bond donors (Lipinski definition) is 1. The fraction of sp³-hybridized carbons (Fsp3) is 0.968. The quantitative estimate of drug-likeness (QED) is 0.101. The Morgan fingerprint density at radius 3 is 1.94 bits per heavy atom. The summed E-state index contributed by atoms with van der Waals surface area (Å²) in [7, 11) is 0. The van der Waals surface area contributed by atoms with Gasteiger partial charge in [0.2, 0.25) is 0 Å². The molecule has 214 valence electrons. The molecule has 1 aliphatic heterocycles. The van der Waals surface area contributed by atoms with Crippen molar-refractivity contribution in [3.63, 3.8) is 0 Å². The van der Waals surface area contributed by atoms with E-state index in [-0.39, 0.29) is 12.6 Å². The SMILES string of the molecule is CCCCCCCCC(CCCCCCCC)COC(=O)CCCCCN(CCO)C1CCOCC1. The molecule has 0 radical (unpaired) electrons. The summed E-state index contributed by atoms with van der Waals surface area (Å²) in [5.41, 5.74) is 0. The van der Waals surface area contributed by atoms with E-state index in [0.29, 0.717) is 25.0 Å². The van der Waals surface area contributed by atoms with Crippen LogP contribution in [-0.4, -0.2) is 61.5 Å². The summed E-state index contributed by atoms with van der Waals surface area (Å²) in [4.78, 5) is 14.8. The van der Waals surface area contributed by atoms with E-state index in [9.17, 15) is 9.90 Å². The molecule has 0 unspecified atom stereocenters. The number of hydrogen-bond acceptors (Lipinski definition) is 5. The molecule has 1 N–H and O–H groups in total. The van der Waals surface area contributed by atoms with Crippen LogP contribution in [0.25, 0.3) is 0 Å². The summed E-state index contributed by atoms with van der Waals surface area (Å²) < 4.78 is 11.2. The topological polar surface area (TPSA) is 59.0 Å². The maximum absolute atomic E-state index is 12.4. The second-order valence-electron chi connectivity index (χ2n) is 11.1. The molecular formula is C31H61NO4. The average molecular weight is 512 g/mol. The van der Waals surface area contributed by atoms with Gasteiger partial charge in [-0.3, -0.25) is 9.69 Å². The van der Waals surface area contributed by atoms with E-state index in [4.69, 9.17) is 9.47 Å². The van der Waals surface area contributed by atoms with Crippen molar-refractivity contribution in [2.24, 2.45) is 5.92 Å². The van der Waals surface area contributed by atoms with Gasteiger partial charge in [0.05, 0.1) is 13.2 Å². The van der Waals surface area contributed by atoms with Gasteiger partial charge in [0.25, 0.3) is 0 Å². The molecule has 0 spiro atoms. The monoisotopic (exact) mass is 511 g/mol. The van der Waals surface area contributed by atoms with Gasteiger partial charge in [-0.1, -0.05) is 97.3 Å². The molecule has 36 heavy (non-hydrogen) atoms. The lowest BCUT2D eigenvalue weighted by Gasteiger charge is -2.33. The third-order valence-corrected chi connectivity index (χ3v) is 7.83. The van der Waals surface area contributed by atoms with Gasteiger partial charge in [-0.15, -0.1) is 0 Å². The number of unbranched alkanes of at least 4 members (excludes halogenated alkanes) is 12. The van der Waals surface area contributed by atoms with Gasteiger partial charge in [-0.05, 0) is 51.0 Å². The summed E-state index contributed by atoms with van der Waals surface area (Å²) in [6, 6.07) is 0.533. The molecule has 1 saturated heterocycles. The maximum Gasteiger partial charge on any atom is 0.305 e. The van der Waals surface area contributed by atoms with Gasteiger partial charge in [0, 0.05) is 32.2 Å². The highest BCUT2D eigenvalue weighted by molar-refractivity contribution is 5.69. The van der Waals surface area contributed by atoms with Gasteiger partial charge >= 0.3 is 5.97 Å². The summed E-state index contributed by atoms with van der Waals surface area (Å²) >= 11 is 0. The first kappa shape index (κ1) is 33.4. The number of carbonyl (C=O) groups is 1. The molecule has 5 nitrogen and oxygen atoms in total. The molecule has 1 rings (SSSR count). The van der Waals surface area contributed by atoms with Crippen molar-refractivity contribution in [1.29, 1.82) is 0 Å². The number of esters is 1. The Hall–Kier alpha value is -0.650. The molecule has 0 aromatic rings. The number of carbonyl (C=O) groups excluding carboxylic acids is 1. The largest absolute Gasteiger partial charge is 0.465 e. The fourth-order valence-corrected chi connectivity index (χ4v) is 5.44. The van der Waals surface area contributed by atoms with E-state index in [1.54, 1.807) is 0 Å². The summed E-state index contributed by atoms with van der Waals surface area (Å²) in [6.45, 7) is 8.77. The molecular weight excluding hydrogens is 450 g/mol. The van der Waals surface area contributed by atoms with Crippen molar-refractivity contribution >= 4 is 5.97 Å². The van der Waals surface area contributed by atoms with Crippen molar-refractivity contribution in [3.8, 4) is 0 Å². The predicted molar refractivity (Wildman–Crippen MR) is 151 cm³/mol. The molecule has 5 heteroatoms. The van der Waals surface area contributed by atoms with Crippen molar-refractivity contribution in [2.45, 2.75) is 148 Å². The van der Waals surface area contributed by atoms with Crippen LogP contribution in [0.1, 0.15) is 142 Å². The van der Waals surface area contributed by atoms with Gasteiger partial charge in [-0.25, -0.2) is 0 Å². The average Bonchev–Trinajstić information content (AvgIpc) is 2.90. The molecule has 1 heterocycles. The Bertz CT molecular complexity index is 465. The van der Waals surface area contributed by atoms with Crippen LogP contribution in [0.4, 0.5) is 0 Å². The molecule has 0 atom stereocenters. The Morgan fingerprint density at radius 1 is 0.806 bits per heavy atom. The second-order valence-corrected chi connectivity index (χ2v) is 11.1. The van der Waals surface area contributed by atoms with Crippen molar-refractivity contribution in [3.05, 3.63) is 0 Å².